The van der Waals surface area contributed by atoms with Crippen molar-refractivity contribution in [3.63, 3.8) is 0 Å². The molecule has 6 heteroatoms. The fourth-order valence-corrected chi connectivity index (χ4v) is 7.67. The second kappa shape index (κ2) is 16.9. The third-order valence-electron chi connectivity index (χ3n) is 11.4. The predicted molar refractivity (Wildman–Crippen MR) is 220 cm³/mol. The summed E-state index contributed by atoms with van der Waals surface area (Å²) in [6, 6.07) is 29.9. The zero-order valence-electron chi connectivity index (χ0n) is 33.0. The summed E-state index contributed by atoms with van der Waals surface area (Å²) in [6.45, 7) is 18.4. The van der Waals surface area contributed by atoms with Crippen LogP contribution >= 0.6 is 0 Å². The van der Waals surface area contributed by atoms with Crippen molar-refractivity contribution in [2.24, 2.45) is 11.8 Å². The van der Waals surface area contributed by atoms with Gasteiger partial charge < -0.3 is 9.30 Å². The smallest absolute Gasteiger partial charge is 0.509 e. The van der Waals surface area contributed by atoms with Crippen LogP contribution in [0.4, 0.5) is 0 Å². The van der Waals surface area contributed by atoms with Crippen LogP contribution < -0.4 is 4.74 Å². The molecule has 7 rings (SSSR count). The molecule has 54 heavy (non-hydrogen) atoms. The Kier molecular flexibility index (Phi) is 12.3. The molecular weight excluding hydrogens is 844 g/mol. The first-order chi connectivity index (χ1) is 25.7. The number of pyridine rings is 1. The van der Waals surface area contributed by atoms with Gasteiger partial charge in [-0.05, 0) is 120 Å². The van der Waals surface area contributed by atoms with Crippen molar-refractivity contribution in [1.29, 1.82) is 0 Å². The Labute approximate surface area is 336 Å². The van der Waals surface area contributed by atoms with Gasteiger partial charge >= 0.3 is 21.1 Å². The number of hydrogen-bond donors (Lipinski definition) is 0. The molecule has 0 aliphatic rings. The van der Waals surface area contributed by atoms with Gasteiger partial charge in [0, 0.05) is 35.0 Å². The molecule has 0 N–H and O–H groups in total. The number of rotatable bonds is 13. The van der Waals surface area contributed by atoms with Gasteiger partial charge in [0.15, 0.2) is 0 Å². The summed E-state index contributed by atoms with van der Waals surface area (Å²) in [7, 11) is 0. The molecule has 280 valence electrons. The molecule has 2 unspecified atom stereocenters. The standard InChI is InChI=1S/C48H52N4O.Pt/c1-9-15-36-22-23-49-47(26-36)52-45-19-13-12-18-41(45)42-21-20-40(28-46(42)52)53-39-17-14-16-38(27-39)51-30-37(29-50-51)48-43(24-31(4)10-2)34(7)33(6)35(8)44(48)25-32(5)11-3;/h12-14,16-23,26,29-32H,9-11,15,24-25H2,1-8H3;/q-2;+2. The Hall–Kier alpha value is -4.47. The van der Waals surface area contributed by atoms with E-state index < -0.39 is 0 Å². The van der Waals surface area contributed by atoms with E-state index in [4.69, 9.17) is 14.8 Å². The number of para-hydroxylation sites is 1. The van der Waals surface area contributed by atoms with Gasteiger partial charge in [0.25, 0.3) is 0 Å². The van der Waals surface area contributed by atoms with Crippen LogP contribution in [0.5, 0.6) is 11.5 Å². The van der Waals surface area contributed by atoms with Crippen LogP contribution in [-0.2, 0) is 40.3 Å². The topological polar surface area (TPSA) is 44.9 Å². The van der Waals surface area contributed by atoms with Crippen LogP contribution in [0.2, 0.25) is 0 Å². The molecule has 5 nitrogen and oxygen atoms in total. The third kappa shape index (κ3) is 7.71. The molecule has 4 aromatic carbocycles. The van der Waals surface area contributed by atoms with Crippen molar-refractivity contribution in [2.75, 3.05) is 0 Å². The minimum atomic E-state index is 0. The van der Waals surface area contributed by atoms with Crippen molar-refractivity contribution >= 4 is 21.8 Å². The summed E-state index contributed by atoms with van der Waals surface area (Å²) >= 11 is 0. The Morgan fingerprint density at radius 3 is 2.17 bits per heavy atom. The van der Waals surface area contributed by atoms with Crippen LogP contribution in [0.1, 0.15) is 87.3 Å². The van der Waals surface area contributed by atoms with Crippen molar-refractivity contribution in [2.45, 2.75) is 93.9 Å². The van der Waals surface area contributed by atoms with E-state index in [0.717, 1.165) is 77.4 Å². The zero-order chi connectivity index (χ0) is 37.2. The Morgan fingerprint density at radius 1 is 0.759 bits per heavy atom. The molecule has 0 fully saturated rings. The van der Waals surface area contributed by atoms with E-state index in [1.54, 1.807) is 0 Å². The molecule has 0 aliphatic carbocycles. The Bertz CT molecular complexity index is 2360. The molecule has 3 aromatic heterocycles. The Morgan fingerprint density at radius 2 is 1.46 bits per heavy atom. The summed E-state index contributed by atoms with van der Waals surface area (Å²) in [6.07, 6.45) is 12.6. The van der Waals surface area contributed by atoms with Crippen LogP contribution in [0.3, 0.4) is 0 Å². The number of hydrogen-bond acceptors (Lipinski definition) is 3. The van der Waals surface area contributed by atoms with E-state index >= 15 is 0 Å². The van der Waals surface area contributed by atoms with Crippen molar-refractivity contribution in [3.05, 3.63) is 131 Å². The average Bonchev–Trinajstić information content (AvgIpc) is 3.79. The number of ether oxygens (including phenoxy) is 1. The van der Waals surface area contributed by atoms with Gasteiger partial charge in [0.05, 0.1) is 6.20 Å². The van der Waals surface area contributed by atoms with E-state index in [0.29, 0.717) is 23.3 Å². The fourth-order valence-electron chi connectivity index (χ4n) is 7.67. The zero-order valence-corrected chi connectivity index (χ0v) is 35.3. The summed E-state index contributed by atoms with van der Waals surface area (Å²) in [5, 5.41) is 7.19. The summed E-state index contributed by atoms with van der Waals surface area (Å²) < 4.78 is 10.6. The molecule has 0 bridgehead atoms. The Balaban J connectivity index is 0.00000497. The summed E-state index contributed by atoms with van der Waals surface area (Å²) in [5.74, 6) is 3.32. The summed E-state index contributed by atoms with van der Waals surface area (Å²) in [5.41, 5.74) is 13.9. The van der Waals surface area contributed by atoms with Crippen molar-refractivity contribution < 1.29 is 25.8 Å². The number of aromatic nitrogens is 4. The minimum absolute atomic E-state index is 0. The maximum absolute atomic E-state index is 6.50. The maximum atomic E-state index is 6.50. The molecule has 0 spiro atoms. The molecule has 0 aliphatic heterocycles. The van der Waals surface area contributed by atoms with Crippen LogP contribution in [0.15, 0.2) is 85.3 Å². The monoisotopic (exact) mass is 895 g/mol. The van der Waals surface area contributed by atoms with Crippen molar-refractivity contribution in [3.8, 4) is 34.1 Å². The molecular formula is C48H52N4OPt. The van der Waals surface area contributed by atoms with Gasteiger partial charge in [-0.2, -0.15) is 17.2 Å². The fraction of sp³-hybridized carbons (Fsp3) is 0.333. The van der Waals surface area contributed by atoms with Gasteiger partial charge in [-0.25, -0.2) is 4.98 Å². The largest absolute Gasteiger partial charge is 2.00 e. The first-order valence-electron chi connectivity index (χ1n) is 19.5. The van der Waals surface area contributed by atoms with E-state index in [-0.39, 0.29) is 21.1 Å². The number of nitrogens with zero attached hydrogens (tertiary/aromatic N) is 4. The van der Waals surface area contributed by atoms with Crippen LogP contribution in [0.25, 0.3) is 44.4 Å². The third-order valence-corrected chi connectivity index (χ3v) is 11.4. The van der Waals surface area contributed by atoms with Gasteiger partial charge in [-0.15, -0.1) is 35.7 Å². The molecule has 0 saturated heterocycles. The number of fused-ring (bicyclic) bond motifs is 3. The number of benzene rings is 4. The molecule has 0 saturated carbocycles. The molecule has 0 amide bonds. The first-order valence-corrected chi connectivity index (χ1v) is 19.5. The second-order valence-corrected chi connectivity index (χ2v) is 15.0. The van der Waals surface area contributed by atoms with Crippen LogP contribution in [0, 0.1) is 44.7 Å². The van der Waals surface area contributed by atoms with E-state index in [9.17, 15) is 0 Å². The van der Waals surface area contributed by atoms with Gasteiger partial charge in [-0.3, -0.25) is 4.68 Å². The molecule has 3 heterocycles. The average molecular weight is 896 g/mol. The first kappa shape index (κ1) is 39.2. The van der Waals surface area contributed by atoms with Crippen LogP contribution in [-0.4, -0.2) is 19.3 Å². The van der Waals surface area contributed by atoms with E-state index in [1.165, 1.54) is 38.9 Å². The quantitative estimate of drug-likeness (QED) is 0.108. The van der Waals surface area contributed by atoms with E-state index in [1.807, 2.05) is 41.3 Å². The van der Waals surface area contributed by atoms with Gasteiger partial charge in [0.1, 0.15) is 5.82 Å². The number of aryl methyl sites for hydroxylation is 1. The minimum Gasteiger partial charge on any atom is -0.509 e. The normalized spacial score (nSPS) is 12.6. The second-order valence-electron chi connectivity index (χ2n) is 15.0. The van der Waals surface area contributed by atoms with E-state index in [2.05, 4.69) is 121 Å². The maximum Gasteiger partial charge on any atom is 2.00 e. The van der Waals surface area contributed by atoms with Gasteiger partial charge in [-0.1, -0.05) is 77.6 Å². The summed E-state index contributed by atoms with van der Waals surface area (Å²) in [4.78, 5) is 4.79. The molecule has 7 aromatic rings. The van der Waals surface area contributed by atoms with Gasteiger partial charge in [0.2, 0.25) is 0 Å². The molecule has 2 atom stereocenters. The SMILES string of the molecule is CCCc1ccnc(-n2c3[c-]c(Oc4[c-]c(-n5cc(-c6c(CC(C)CC)c(C)c(C)c(C)c6CC(C)CC)cn5)ccc4)ccc3c3ccccc32)c1.[Pt+2]. The molecule has 0 radical (unpaired) electrons. The van der Waals surface area contributed by atoms with Crippen molar-refractivity contribution in [1.82, 2.24) is 19.3 Å². The predicted octanol–water partition coefficient (Wildman–Crippen LogP) is 12.5.